The fourth-order valence-electron chi connectivity index (χ4n) is 3.79. The van der Waals surface area contributed by atoms with Crippen LogP contribution in [0.1, 0.15) is 36.5 Å². The Kier molecular flexibility index (Phi) is 7.78. The molecule has 8 nitrogen and oxygen atoms in total. The number of aliphatic hydroxyl groups is 1. The summed E-state index contributed by atoms with van der Waals surface area (Å²) < 4.78 is 10.4. The number of hydrogen-bond donors (Lipinski definition) is 2. The molecule has 3 rings (SSSR count). The summed E-state index contributed by atoms with van der Waals surface area (Å²) in [5, 5.41) is 20.2. The van der Waals surface area contributed by atoms with Gasteiger partial charge in [-0.3, -0.25) is 14.4 Å². The summed E-state index contributed by atoms with van der Waals surface area (Å²) in [4.78, 5) is 48.0. The first-order valence-corrected chi connectivity index (χ1v) is 10.7. The van der Waals surface area contributed by atoms with Gasteiger partial charge in [-0.05, 0) is 0 Å². The van der Waals surface area contributed by atoms with Gasteiger partial charge in [0.25, 0.3) is 0 Å². The lowest BCUT2D eigenvalue weighted by molar-refractivity contribution is -0.177. The van der Waals surface area contributed by atoms with Gasteiger partial charge in [0.05, 0.1) is 12.8 Å². The lowest BCUT2D eigenvalue weighted by Crippen LogP contribution is -2.45. The average molecular weight is 476 g/mol. The molecule has 0 aliphatic carbocycles. The highest BCUT2D eigenvalue weighted by Crippen LogP contribution is 2.41. The molecule has 0 heterocycles. The standard InChI is InChI=1S/C27H24O8/c1-19(28)34-23(29)17-26(33,25(31)32)18-24(30)35-27(20-11-5-2-6-12-20,21-13-7-3-8-14-21)22-15-9-4-10-16-22/h2-16,33H,17-18H2,1H3,(H,31,32). The summed E-state index contributed by atoms with van der Waals surface area (Å²) in [5.74, 6) is -5.17. The van der Waals surface area contributed by atoms with E-state index in [1.54, 1.807) is 91.0 Å². The highest BCUT2D eigenvalue weighted by molar-refractivity contribution is 5.92. The minimum atomic E-state index is -2.85. The second kappa shape index (κ2) is 10.8. The molecule has 0 bridgehead atoms. The van der Waals surface area contributed by atoms with Crippen LogP contribution in [0.15, 0.2) is 91.0 Å². The largest absolute Gasteiger partial charge is 0.479 e. The molecule has 0 fully saturated rings. The van der Waals surface area contributed by atoms with Crippen molar-refractivity contribution in [2.75, 3.05) is 0 Å². The lowest BCUT2D eigenvalue weighted by atomic mass is 9.80. The van der Waals surface area contributed by atoms with Gasteiger partial charge >= 0.3 is 23.9 Å². The fraction of sp³-hybridized carbons (Fsp3) is 0.185. The van der Waals surface area contributed by atoms with Gasteiger partial charge in [-0.25, -0.2) is 4.79 Å². The molecule has 0 saturated carbocycles. The van der Waals surface area contributed by atoms with Gasteiger partial charge in [-0.1, -0.05) is 91.0 Å². The van der Waals surface area contributed by atoms with Crippen molar-refractivity contribution in [1.29, 1.82) is 0 Å². The number of benzene rings is 3. The third-order valence-corrected chi connectivity index (χ3v) is 5.34. The maximum Gasteiger partial charge on any atom is 0.336 e. The Morgan fingerprint density at radius 3 is 1.40 bits per heavy atom. The zero-order valence-electron chi connectivity index (χ0n) is 18.9. The third kappa shape index (κ3) is 5.80. The van der Waals surface area contributed by atoms with E-state index in [0.29, 0.717) is 16.7 Å². The summed E-state index contributed by atoms with van der Waals surface area (Å²) in [6, 6.07) is 26.6. The van der Waals surface area contributed by atoms with Crippen LogP contribution in [-0.2, 0) is 34.3 Å². The van der Waals surface area contributed by atoms with Crippen LogP contribution in [0.3, 0.4) is 0 Å². The molecule has 1 unspecified atom stereocenters. The first-order chi connectivity index (χ1) is 16.7. The van der Waals surface area contributed by atoms with Crippen LogP contribution < -0.4 is 0 Å². The van der Waals surface area contributed by atoms with E-state index >= 15 is 0 Å². The summed E-state index contributed by atoms with van der Waals surface area (Å²) in [5.41, 5.74) is -2.58. The molecule has 0 spiro atoms. The van der Waals surface area contributed by atoms with Gasteiger partial charge in [0.1, 0.15) is 0 Å². The molecule has 1 atom stereocenters. The number of ether oxygens (including phenoxy) is 2. The molecular weight excluding hydrogens is 452 g/mol. The van der Waals surface area contributed by atoms with Crippen LogP contribution in [-0.4, -0.2) is 39.7 Å². The van der Waals surface area contributed by atoms with Crippen molar-refractivity contribution in [3.63, 3.8) is 0 Å². The van der Waals surface area contributed by atoms with E-state index in [9.17, 15) is 29.4 Å². The molecule has 35 heavy (non-hydrogen) atoms. The van der Waals surface area contributed by atoms with Crippen molar-refractivity contribution >= 4 is 23.9 Å². The van der Waals surface area contributed by atoms with E-state index in [-0.39, 0.29) is 0 Å². The van der Waals surface area contributed by atoms with E-state index in [1.165, 1.54) is 0 Å². The summed E-state index contributed by atoms with van der Waals surface area (Å²) in [7, 11) is 0. The predicted octanol–water partition coefficient (Wildman–Crippen LogP) is 3.21. The molecular formula is C27H24O8. The maximum absolute atomic E-state index is 13.2. The van der Waals surface area contributed by atoms with Crippen molar-refractivity contribution in [3.05, 3.63) is 108 Å². The quantitative estimate of drug-likeness (QED) is 0.274. The smallest absolute Gasteiger partial charge is 0.336 e. The number of carboxylic acids is 1. The van der Waals surface area contributed by atoms with E-state index in [1.807, 2.05) is 0 Å². The second-order valence-electron chi connectivity index (χ2n) is 7.91. The van der Waals surface area contributed by atoms with Gasteiger partial charge in [0.15, 0.2) is 11.2 Å². The summed E-state index contributed by atoms with van der Waals surface area (Å²) >= 11 is 0. The van der Waals surface area contributed by atoms with Gasteiger partial charge in [-0.15, -0.1) is 0 Å². The number of esters is 3. The van der Waals surface area contributed by atoms with E-state index < -0.39 is 47.9 Å². The molecule has 180 valence electrons. The molecule has 0 radical (unpaired) electrons. The van der Waals surface area contributed by atoms with Crippen LogP contribution in [0.4, 0.5) is 0 Å². The fourth-order valence-corrected chi connectivity index (χ4v) is 3.79. The number of aliphatic carboxylic acids is 1. The van der Waals surface area contributed by atoms with Gasteiger partial charge in [0, 0.05) is 23.6 Å². The summed E-state index contributed by atoms with van der Waals surface area (Å²) in [6.07, 6.45) is -2.18. The molecule has 0 aliphatic heterocycles. The zero-order chi connectivity index (χ0) is 25.5. The molecule has 8 heteroatoms. The van der Waals surface area contributed by atoms with Crippen molar-refractivity contribution in [1.82, 2.24) is 0 Å². The SMILES string of the molecule is CC(=O)OC(=O)CC(O)(CC(=O)OC(c1ccccc1)(c1ccccc1)c1ccccc1)C(=O)O. The first kappa shape index (κ1) is 25.3. The van der Waals surface area contributed by atoms with Crippen LogP contribution in [0.2, 0.25) is 0 Å². The number of rotatable bonds is 9. The average Bonchev–Trinajstić information content (AvgIpc) is 2.83. The Hall–Kier alpha value is -4.30. The Labute approximate surface area is 201 Å². The van der Waals surface area contributed by atoms with Crippen molar-refractivity contribution in [2.45, 2.75) is 31.0 Å². The zero-order valence-corrected chi connectivity index (χ0v) is 18.9. The van der Waals surface area contributed by atoms with Crippen LogP contribution in [0, 0.1) is 0 Å². The first-order valence-electron chi connectivity index (χ1n) is 10.7. The van der Waals surface area contributed by atoms with E-state index in [2.05, 4.69) is 4.74 Å². The number of hydrogen-bond acceptors (Lipinski definition) is 7. The van der Waals surface area contributed by atoms with Gasteiger partial charge in [0.2, 0.25) is 0 Å². The number of carbonyl (C=O) groups is 4. The molecule has 0 aliphatic rings. The monoisotopic (exact) mass is 476 g/mol. The summed E-state index contributed by atoms with van der Waals surface area (Å²) in [6.45, 7) is 0.958. The third-order valence-electron chi connectivity index (χ3n) is 5.34. The lowest BCUT2D eigenvalue weighted by Gasteiger charge is -2.36. The molecule has 3 aromatic carbocycles. The second-order valence-corrected chi connectivity index (χ2v) is 7.91. The van der Waals surface area contributed by atoms with Crippen molar-refractivity contribution in [2.24, 2.45) is 0 Å². The van der Waals surface area contributed by atoms with E-state index in [4.69, 9.17) is 4.74 Å². The maximum atomic E-state index is 13.2. The minimum absolute atomic E-state index is 0.584. The van der Waals surface area contributed by atoms with Crippen molar-refractivity contribution < 1.29 is 38.9 Å². The normalized spacial score (nSPS) is 12.7. The predicted molar refractivity (Wildman–Crippen MR) is 124 cm³/mol. The topological polar surface area (TPSA) is 127 Å². The van der Waals surface area contributed by atoms with Crippen molar-refractivity contribution in [3.8, 4) is 0 Å². The Bertz CT molecular complexity index is 1090. The molecule has 3 aromatic rings. The van der Waals surface area contributed by atoms with Gasteiger partial charge < -0.3 is 19.7 Å². The molecule has 0 aromatic heterocycles. The van der Waals surface area contributed by atoms with Crippen LogP contribution >= 0.6 is 0 Å². The van der Waals surface area contributed by atoms with E-state index in [0.717, 1.165) is 6.92 Å². The Morgan fingerprint density at radius 1 is 0.686 bits per heavy atom. The Morgan fingerprint density at radius 2 is 1.06 bits per heavy atom. The highest BCUT2D eigenvalue weighted by atomic mass is 16.6. The van der Waals surface area contributed by atoms with Gasteiger partial charge in [-0.2, -0.15) is 0 Å². The molecule has 0 amide bonds. The van der Waals surface area contributed by atoms with Crippen LogP contribution in [0.5, 0.6) is 0 Å². The number of carboxylic acid groups (broad SMARTS) is 1. The molecule has 0 saturated heterocycles. The van der Waals surface area contributed by atoms with Crippen LogP contribution in [0.25, 0.3) is 0 Å². The Balaban J connectivity index is 2.07. The molecule has 2 N–H and O–H groups in total. The highest BCUT2D eigenvalue weighted by Gasteiger charge is 2.46. The minimum Gasteiger partial charge on any atom is -0.479 e. The number of carbonyl (C=O) groups excluding carboxylic acids is 3.